The lowest BCUT2D eigenvalue weighted by Crippen LogP contribution is -2.37. The van der Waals surface area contributed by atoms with Crippen molar-refractivity contribution in [3.63, 3.8) is 0 Å². The fraction of sp³-hybridized carbons (Fsp3) is 0.778. The third-order valence-electron chi connectivity index (χ3n) is 2.30. The first kappa shape index (κ1) is 11.0. The van der Waals surface area contributed by atoms with Gasteiger partial charge in [-0.2, -0.15) is 0 Å². The maximum absolute atomic E-state index is 11.4. The molecule has 0 aromatic carbocycles. The third-order valence-corrected chi connectivity index (χ3v) is 2.30. The molecule has 1 saturated heterocycles. The van der Waals surface area contributed by atoms with E-state index >= 15 is 0 Å². The summed E-state index contributed by atoms with van der Waals surface area (Å²) in [5.74, 6) is -1.32. The van der Waals surface area contributed by atoms with Crippen molar-refractivity contribution in [2.24, 2.45) is 5.92 Å². The molecular formula is C9H16N2O3. The van der Waals surface area contributed by atoms with Crippen molar-refractivity contribution in [2.45, 2.75) is 13.3 Å². The number of carboxylic acids is 1. The van der Waals surface area contributed by atoms with Gasteiger partial charge >= 0.3 is 5.97 Å². The molecule has 1 unspecified atom stereocenters. The standard InChI is InChI=1S/C9H16N2O3/c1-2-3-11-6-7(9(13)14)4-10-5-8(11)12/h7,10H,2-6H2,1H3,(H,13,14). The number of aliphatic carboxylic acids is 1. The zero-order valence-corrected chi connectivity index (χ0v) is 8.32. The second-order valence-corrected chi connectivity index (χ2v) is 3.51. The van der Waals surface area contributed by atoms with Crippen LogP contribution in [0.3, 0.4) is 0 Å². The minimum atomic E-state index is -0.840. The molecular weight excluding hydrogens is 184 g/mol. The Morgan fingerprint density at radius 1 is 1.71 bits per heavy atom. The summed E-state index contributed by atoms with van der Waals surface area (Å²) in [5.41, 5.74) is 0. The van der Waals surface area contributed by atoms with E-state index in [0.29, 0.717) is 19.6 Å². The summed E-state index contributed by atoms with van der Waals surface area (Å²) >= 11 is 0. The highest BCUT2D eigenvalue weighted by molar-refractivity contribution is 5.80. The molecule has 5 nitrogen and oxygen atoms in total. The lowest BCUT2D eigenvalue weighted by molar-refractivity contribution is -0.142. The van der Waals surface area contributed by atoms with Crippen LogP contribution in [0.4, 0.5) is 0 Å². The molecule has 0 radical (unpaired) electrons. The SMILES string of the molecule is CCCN1CC(C(=O)O)CNCC1=O. The van der Waals surface area contributed by atoms with Gasteiger partial charge in [0.25, 0.3) is 0 Å². The van der Waals surface area contributed by atoms with Crippen LogP contribution in [0, 0.1) is 5.92 Å². The molecule has 1 fully saturated rings. The van der Waals surface area contributed by atoms with Gasteiger partial charge < -0.3 is 15.3 Å². The molecule has 0 saturated carbocycles. The van der Waals surface area contributed by atoms with Gasteiger partial charge in [0.05, 0.1) is 12.5 Å². The van der Waals surface area contributed by atoms with Crippen LogP contribution in [0.2, 0.25) is 0 Å². The van der Waals surface area contributed by atoms with Crippen molar-refractivity contribution in [2.75, 3.05) is 26.2 Å². The molecule has 14 heavy (non-hydrogen) atoms. The summed E-state index contributed by atoms with van der Waals surface area (Å²) in [6.07, 6.45) is 0.859. The van der Waals surface area contributed by atoms with Gasteiger partial charge in [0.1, 0.15) is 0 Å². The summed E-state index contributed by atoms with van der Waals surface area (Å²) in [6, 6.07) is 0. The minimum Gasteiger partial charge on any atom is -0.481 e. The van der Waals surface area contributed by atoms with Gasteiger partial charge in [0.15, 0.2) is 0 Å². The second-order valence-electron chi connectivity index (χ2n) is 3.51. The zero-order chi connectivity index (χ0) is 10.6. The normalized spacial score (nSPS) is 23.4. The highest BCUT2D eigenvalue weighted by Gasteiger charge is 2.26. The Morgan fingerprint density at radius 2 is 2.43 bits per heavy atom. The Morgan fingerprint density at radius 3 is 3.00 bits per heavy atom. The van der Waals surface area contributed by atoms with Crippen LogP contribution in [0.1, 0.15) is 13.3 Å². The molecule has 80 valence electrons. The highest BCUT2D eigenvalue weighted by Crippen LogP contribution is 2.05. The monoisotopic (exact) mass is 200 g/mol. The molecule has 1 aliphatic rings. The van der Waals surface area contributed by atoms with Gasteiger partial charge in [-0.3, -0.25) is 9.59 Å². The molecule has 1 rings (SSSR count). The molecule has 2 N–H and O–H groups in total. The van der Waals surface area contributed by atoms with Crippen molar-refractivity contribution in [1.82, 2.24) is 10.2 Å². The average molecular weight is 200 g/mol. The number of amides is 1. The Bertz CT molecular complexity index is 230. The Labute approximate surface area is 83.1 Å². The predicted molar refractivity (Wildman–Crippen MR) is 50.9 cm³/mol. The van der Waals surface area contributed by atoms with Crippen LogP contribution >= 0.6 is 0 Å². The summed E-state index contributed by atoms with van der Waals surface area (Å²) in [5, 5.41) is 11.7. The first-order valence-corrected chi connectivity index (χ1v) is 4.86. The van der Waals surface area contributed by atoms with E-state index in [4.69, 9.17) is 5.11 Å². The maximum Gasteiger partial charge on any atom is 0.309 e. The minimum absolute atomic E-state index is 0.00407. The first-order chi connectivity index (χ1) is 6.65. The van der Waals surface area contributed by atoms with E-state index in [0.717, 1.165) is 6.42 Å². The largest absolute Gasteiger partial charge is 0.481 e. The van der Waals surface area contributed by atoms with Crippen LogP contribution in [-0.4, -0.2) is 48.1 Å². The number of hydrogen-bond donors (Lipinski definition) is 2. The van der Waals surface area contributed by atoms with E-state index in [-0.39, 0.29) is 12.5 Å². The van der Waals surface area contributed by atoms with Gasteiger partial charge in [0.2, 0.25) is 5.91 Å². The number of carbonyl (C=O) groups excluding carboxylic acids is 1. The molecule has 0 bridgehead atoms. The van der Waals surface area contributed by atoms with Crippen LogP contribution < -0.4 is 5.32 Å². The van der Waals surface area contributed by atoms with Gasteiger partial charge in [-0.05, 0) is 6.42 Å². The number of carbonyl (C=O) groups is 2. The number of carboxylic acid groups (broad SMARTS) is 1. The number of hydrogen-bond acceptors (Lipinski definition) is 3. The fourth-order valence-electron chi connectivity index (χ4n) is 1.55. The Hall–Kier alpha value is -1.10. The molecule has 1 heterocycles. The molecule has 1 atom stereocenters. The van der Waals surface area contributed by atoms with Gasteiger partial charge in [-0.25, -0.2) is 0 Å². The van der Waals surface area contributed by atoms with E-state index in [1.165, 1.54) is 0 Å². The zero-order valence-electron chi connectivity index (χ0n) is 8.32. The smallest absolute Gasteiger partial charge is 0.309 e. The van der Waals surface area contributed by atoms with Gasteiger partial charge in [-0.15, -0.1) is 0 Å². The molecule has 1 aliphatic heterocycles. The summed E-state index contributed by atoms with van der Waals surface area (Å²) in [6.45, 7) is 3.58. The highest BCUT2D eigenvalue weighted by atomic mass is 16.4. The molecule has 0 aromatic rings. The molecule has 5 heteroatoms. The fourth-order valence-corrected chi connectivity index (χ4v) is 1.55. The van der Waals surface area contributed by atoms with Crippen LogP contribution in [0.15, 0.2) is 0 Å². The van der Waals surface area contributed by atoms with Crippen molar-refractivity contribution in [3.05, 3.63) is 0 Å². The third kappa shape index (κ3) is 2.70. The van der Waals surface area contributed by atoms with Gasteiger partial charge in [-0.1, -0.05) is 6.92 Å². The van der Waals surface area contributed by atoms with Gasteiger partial charge in [0, 0.05) is 19.6 Å². The lowest BCUT2D eigenvalue weighted by atomic mass is 10.1. The summed E-state index contributed by atoms with van der Waals surface area (Å²) in [7, 11) is 0. The van der Waals surface area contributed by atoms with E-state index < -0.39 is 11.9 Å². The first-order valence-electron chi connectivity index (χ1n) is 4.86. The van der Waals surface area contributed by atoms with E-state index in [2.05, 4.69) is 5.32 Å². The molecule has 0 aliphatic carbocycles. The van der Waals surface area contributed by atoms with Crippen LogP contribution in [-0.2, 0) is 9.59 Å². The molecule has 1 amide bonds. The van der Waals surface area contributed by atoms with Crippen molar-refractivity contribution in [3.8, 4) is 0 Å². The van der Waals surface area contributed by atoms with Crippen LogP contribution in [0.25, 0.3) is 0 Å². The van der Waals surface area contributed by atoms with E-state index in [1.807, 2.05) is 6.92 Å². The number of nitrogens with zero attached hydrogens (tertiary/aromatic N) is 1. The number of nitrogens with one attached hydrogen (secondary N) is 1. The second kappa shape index (κ2) is 4.95. The molecule has 0 aromatic heterocycles. The van der Waals surface area contributed by atoms with E-state index in [1.54, 1.807) is 4.90 Å². The Kier molecular flexibility index (Phi) is 3.88. The predicted octanol–water partition coefficient (Wildman–Crippen LogP) is -0.471. The Balaban J connectivity index is 2.61. The number of rotatable bonds is 3. The maximum atomic E-state index is 11.4. The lowest BCUT2D eigenvalue weighted by Gasteiger charge is -2.21. The van der Waals surface area contributed by atoms with Crippen molar-refractivity contribution in [1.29, 1.82) is 0 Å². The quantitative estimate of drug-likeness (QED) is 0.646. The average Bonchev–Trinajstić information content (AvgIpc) is 2.30. The topological polar surface area (TPSA) is 69.6 Å². The van der Waals surface area contributed by atoms with E-state index in [9.17, 15) is 9.59 Å². The summed E-state index contributed by atoms with van der Waals surface area (Å²) < 4.78 is 0. The van der Waals surface area contributed by atoms with Crippen molar-refractivity contribution < 1.29 is 14.7 Å². The van der Waals surface area contributed by atoms with Crippen molar-refractivity contribution >= 4 is 11.9 Å². The van der Waals surface area contributed by atoms with Crippen LogP contribution in [0.5, 0.6) is 0 Å². The molecule has 0 spiro atoms. The summed E-state index contributed by atoms with van der Waals surface area (Å²) in [4.78, 5) is 23.9.